The number of carbonyl (C=O) groups is 10. The lowest BCUT2D eigenvalue weighted by Crippen LogP contribution is -2.64. The molecule has 0 radical (unpaired) electrons. The van der Waals surface area contributed by atoms with Gasteiger partial charge in [0.2, 0.25) is 41.6 Å². The molecule has 0 aromatic heterocycles. The first-order valence-electron chi connectivity index (χ1n) is 36.6. The number of primary amides is 1. The van der Waals surface area contributed by atoms with Gasteiger partial charge in [-0.25, -0.2) is 14.4 Å². The van der Waals surface area contributed by atoms with Gasteiger partial charge in [-0.2, -0.15) is 0 Å². The summed E-state index contributed by atoms with van der Waals surface area (Å²) in [6, 6.07) is 3.46. The zero-order valence-corrected chi connectivity index (χ0v) is 65.8. The summed E-state index contributed by atoms with van der Waals surface area (Å²) in [6.45, 7) is 14.8. The number of likely N-dealkylation sites (N-methyl/N-ethyl adjacent to an activating group) is 1. The van der Waals surface area contributed by atoms with Crippen molar-refractivity contribution >= 4 is 82.5 Å². The second-order valence-electron chi connectivity index (χ2n) is 31.6. The minimum atomic E-state index is -2.33. The standard InChI is InChI=1S/C78H93Cl2N7O28/c1-31(2)18-44(87(11)75(107)115-77(7,8)9)70(102)84-59-47(92)22-37(25-54(81)94)68(100)82-57-36-23-51(109-49-16-13-34(61(59)95)20-42(49)79)66(113-73-64(98)63(97)62(96)53(30-88)111-73)52(24-36)110-50-17-14-35(21-43(50)80)65(112-55-29-78(10,67(99)32(3)108-55)86-74(106)114-76(4,5)6)60-71(103)83-58(72(104)105)41-26-38(89)27-46(91)56(41)40-19-33(12-15-45(40)90)39(28-48(57)93)69(101)85-60/h12-17,19-21,23-24,26-27,31-32,37,39,44,53,55,57-65,67,73,88-91,95-99H,18,22,25,28-30H2,1-11H3,(H2,81,94)(H,82,100)(H,83,103)(H,84,102)(H,85,101)(H,86,106)(H,104,105)/t32?,37-,39+,44+,53?,55?,57+,58-,59-,60+,61+,62?,63?,64?,65+,67?,73?,78?/m0/s1. The Balaban J connectivity index is 1.24. The third kappa shape index (κ3) is 19.9. The molecule has 0 spiro atoms. The summed E-state index contributed by atoms with van der Waals surface area (Å²) in [5.41, 5.74) is -0.720. The molecule has 37 heteroatoms. The summed E-state index contributed by atoms with van der Waals surface area (Å²) in [5, 5.41) is 126. The van der Waals surface area contributed by atoms with E-state index >= 15 is 24.0 Å². The fraction of sp³-hybridized carbons (Fsp3) is 0.487. The van der Waals surface area contributed by atoms with E-state index in [2.05, 4.69) is 26.6 Å². The number of aromatic hydroxyl groups is 3. The van der Waals surface area contributed by atoms with Gasteiger partial charge in [0.1, 0.15) is 107 Å². The van der Waals surface area contributed by atoms with Gasteiger partial charge in [0.25, 0.3) is 0 Å². The average molecular weight is 1650 g/mol. The van der Waals surface area contributed by atoms with Gasteiger partial charge in [0.15, 0.2) is 35.4 Å². The first kappa shape index (κ1) is 87.2. The normalized spacial score (nSPS) is 27.6. The van der Waals surface area contributed by atoms with E-state index in [1.165, 1.54) is 33.0 Å². The first-order valence-corrected chi connectivity index (χ1v) is 37.4. The molecule has 5 aromatic carbocycles. The van der Waals surface area contributed by atoms with Crippen LogP contribution in [0.2, 0.25) is 10.0 Å². The van der Waals surface area contributed by atoms with Gasteiger partial charge in [-0.15, -0.1) is 0 Å². The molecule has 17 N–H and O–H groups in total. The summed E-state index contributed by atoms with van der Waals surface area (Å²) >= 11 is 14.4. The van der Waals surface area contributed by atoms with Crippen LogP contribution in [0, 0.1) is 11.8 Å². The number of hydrogen-bond acceptors (Lipinski definition) is 27. The molecule has 5 aromatic rings. The van der Waals surface area contributed by atoms with Crippen molar-refractivity contribution in [3.8, 4) is 57.1 Å². The van der Waals surface area contributed by atoms with E-state index in [1.807, 2.05) is 0 Å². The van der Waals surface area contributed by atoms with Crippen molar-refractivity contribution in [3.05, 3.63) is 117 Å². The lowest BCUT2D eigenvalue weighted by Gasteiger charge is -2.46. The fourth-order valence-electron chi connectivity index (χ4n) is 14.2. The van der Waals surface area contributed by atoms with Crippen molar-refractivity contribution in [3.63, 3.8) is 0 Å². The van der Waals surface area contributed by atoms with Gasteiger partial charge >= 0.3 is 18.2 Å². The zero-order chi connectivity index (χ0) is 84.7. The Morgan fingerprint density at radius 1 is 0.713 bits per heavy atom. The number of carbonyl (C=O) groups excluding carboxylic acids is 9. The lowest BCUT2D eigenvalue weighted by atomic mass is 9.84. The molecule has 0 aliphatic carbocycles. The third-order valence-corrected chi connectivity index (χ3v) is 20.5. The molecule has 12 rings (SSSR count). The number of alkyl carbamates (subject to hydrolysis) is 1. The number of halogens is 2. The number of fused-ring (bicyclic) bond motifs is 15. The molecule has 7 aliphatic heterocycles. The van der Waals surface area contributed by atoms with Crippen molar-refractivity contribution in [1.29, 1.82) is 0 Å². The molecule has 7 heterocycles. The van der Waals surface area contributed by atoms with Crippen molar-refractivity contribution in [2.24, 2.45) is 17.6 Å². The number of aliphatic carboxylic acids is 1. The van der Waals surface area contributed by atoms with E-state index in [0.717, 1.165) is 71.6 Å². The van der Waals surface area contributed by atoms with Gasteiger partial charge in [0.05, 0.1) is 40.1 Å². The van der Waals surface area contributed by atoms with E-state index in [0.29, 0.717) is 0 Å². The number of ketones is 2. The quantitative estimate of drug-likeness (QED) is 0.0671. The monoisotopic (exact) mass is 1650 g/mol. The molecule has 622 valence electrons. The van der Waals surface area contributed by atoms with Gasteiger partial charge in [-0.1, -0.05) is 55.2 Å². The van der Waals surface area contributed by atoms with Crippen LogP contribution in [0.25, 0.3) is 11.1 Å². The molecule has 9 unspecified atom stereocenters. The van der Waals surface area contributed by atoms with Gasteiger partial charge in [-0.3, -0.25) is 38.5 Å². The summed E-state index contributed by atoms with van der Waals surface area (Å²) in [5.74, 6) is -20.1. The van der Waals surface area contributed by atoms with Crippen molar-refractivity contribution in [1.82, 2.24) is 31.5 Å². The van der Waals surface area contributed by atoms with Crippen LogP contribution in [0.15, 0.2) is 78.9 Å². The van der Waals surface area contributed by atoms with E-state index in [-0.39, 0.29) is 34.8 Å². The van der Waals surface area contributed by atoms with Crippen LogP contribution in [-0.2, 0) is 62.0 Å². The Hall–Kier alpha value is -10.2. The minimum Gasteiger partial charge on any atom is -0.508 e. The van der Waals surface area contributed by atoms with Gasteiger partial charge in [0, 0.05) is 55.5 Å². The van der Waals surface area contributed by atoms with Crippen molar-refractivity contribution in [2.45, 2.75) is 216 Å². The molecule has 18 atom stereocenters. The van der Waals surface area contributed by atoms with Gasteiger partial charge < -0.3 is 121 Å². The number of nitrogens with two attached hydrogens (primary N) is 1. The summed E-state index contributed by atoms with van der Waals surface area (Å²) in [7, 11) is 1.27. The van der Waals surface area contributed by atoms with Crippen molar-refractivity contribution < 1.29 is 137 Å². The summed E-state index contributed by atoms with van der Waals surface area (Å²) in [4.78, 5) is 150. The summed E-state index contributed by atoms with van der Waals surface area (Å²) < 4.78 is 49.7. The number of Topliss-reactive ketones (excluding diaryl/α,β-unsaturated/α-hetero) is 2. The maximum atomic E-state index is 16.5. The molecular weight excluding hydrogens is 1550 g/mol. The molecular formula is C78H93Cl2N7O28. The summed E-state index contributed by atoms with van der Waals surface area (Å²) in [6.07, 6.45) is -24.5. The van der Waals surface area contributed by atoms with Crippen LogP contribution in [0.5, 0.6) is 46.0 Å². The second-order valence-corrected chi connectivity index (χ2v) is 32.4. The number of nitrogens with zero attached hydrogens (tertiary/aromatic N) is 1. The van der Waals surface area contributed by atoms with Crippen LogP contribution in [0.1, 0.15) is 159 Å². The smallest absolute Gasteiger partial charge is 0.410 e. The first-order chi connectivity index (χ1) is 53.7. The number of nitrogens with one attached hydrogen (secondary N) is 5. The SMILES string of the molecule is CC(C)C[C@H](C(=O)N[C@H]1C(=O)C[C@@H](CC(N)=O)C(=O)N[C@H]2C(=O)C[C@H]3C(=O)N[C@@H](C(=O)N[C@H](C(=O)O)c4cc(O)cc(O)c4-c4cc3ccc4O)[C@H](OC3CC(C)(NC(=O)OC(C)(C)C)C(O)C(C)O3)c3ccc(c(Cl)c3)Oc3cc2cc(c3OC2OC(CO)C(O)C(O)C2O)Oc2ccc(cc2Cl)[C@H]1O)N(C)C(=O)OC(C)(C)C. The lowest BCUT2D eigenvalue weighted by molar-refractivity contribution is -0.277. The van der Waals surface area contributed by atoms with Gasteiger partial charge in [-0.05, 0) is 145 Å². The van der Waals surface area contributed by atoms with E-state index in [1.54, 1.807) is 55.4 Å². The Morgan fingerprint density at radius 3 is 1.92 bits per heavy atom. The number of carboxylic acid groups (broad SMARTS) is 1. The van der Waals surface area contributed by atoms with Crippen LogP contribution in [0.4, 0.5) is 9.59 Å². The topological polar surface area (TPSA) is 536 Å². The van der Waals surface area contributed by atoms with E-state index in [9.17, 15) is 75.0 Å². The third-order valence-electron chi connectivity index (χ3n) is 19.9. The van der Waals surface area contributed by atoms with Crippen LogP contribution < -0.4 is 46.5 Å². The number of phenols is 3. The van der Waals surface area contributed by atoms with Crippen LogP contribution in [0.3, 0.4) is 0 Å². The molecule has 7 aliphatic rings. The highest BCUT2D eigenvalue weighted by Crippen LogP contribution is 2.51. The molecule has 7 amide bonds. The molecule has 2 saturated heterocycles. The average Bonchev–Trinajstić information content (AvgIpc) is 0.763. The Morgan fingerprint density at radius 2 is 1.33 bits per heavy atom. The predicted molar refractivity (Wildman–Crippen MR) is 402 cm³/mol. The molecule has 11 bridgehead atoms. The number of benzene rings is 5. The maximum Gasteiger partial charge on any atom is 0.410 e. The number of hydrogen-bond donors (Lipinski definition) is 16. The number of amides is 7. The van der Waals surface area contributed by atoms with E-state index in [4.69, 9.17) is 66.8 Å². The minimum absolute atomic E-state index is 0.0520. The highest BCUT2D eigenvalue weighted by molar-refractivity contribution is 6.32. The Kier molecular flexibility index (Phi) is 26.3. The van der Waals surface area contributed by atoms with E-state index < -0.39 is 284 Å². The number of carboxylic acids is 1. The maximum absolute atomic E-state index is 16.5. The Labute approximate surface area is 668 Å². The zero-order valence-electron chi connectivity index (χ0n) is 64.2. The predicted octanol–water partition coefficient (Wildman–Crippen LogP) is 5.30. The number of aliphatic hydroxyl groups is 6. The second kappa shape index (κ2) is 34.7. The molecule has 0 saturated carbocycles. The van der Waals surface area contributed by atoms with Crippen molar-refractivity contribution in [2.75, 3.05) is 13.7 Å². The van der Waals surface area contributed by atoms with Crippen LogP contribution >= 0.6 is 23.2 Å². The number of ether oxygens (including phenoxy) is 8. The molecule has 115 heavy (non-hydrogen) atoms. The largest absolute Gasteiger partial charge is 0.508 e. The molecule has 35 nitrogen and oxygen atoms in total. The highest BCUT2D eigenvalue weighted by Gasteiger charge is 2.51. The number of phenolic OH excluding ortho intramolecular Hbond substituents is 3. The fourth-order valence-corrected chi connectivity index (χ4v) is 14.6. The Bertz CT molecular complexity index is 4610. The number of rotatable bonds is 14. The van der Waals surface area contributed by atoms with Crippen LogP contribution in [-0.4, -0.2) is 213 Å². The highest BCUT2D eigenvalue weighted by atomic mass is 35.5. The number of aliphatic hydroxyl groups excluding tert-OH is 6. The molecule has 2 fully saturated rings.